The summed E-state index contributed by atoms with van der Waals surface area (Å²) in [6, 6.07) is 5.73. The lowest BCUT2D eigenvalue weighted by Crippen LogP contribution is -2.27. The highest BCUT2D eigenvalue weighted by molar-refractivity contribution is 8.76. The number of nitrogens with zero attached hydrogens (tertiary/aromatic N) is 1. The Labute approximate surface area is 149 Å². The number of carbonyl (C=O) groups is 2. The molecular weight excluding hydrogens is 352 g/mol. The van der Waals surface area contributed by atoms with Gasteiger partial charge in [-0.15, -0.1) is 0 Å². The fourth-order valence-corrected chi connectivity index (χ4v) is 3.33. The molecule has 134 valence electrons. The number of carboxylic acids is 1. The van der Waals surface area contributed by atoms with E-state index < -0.39 is 5.97 Å². The molecule has 24 heavy (non-hydrogen) atoms. The van der Waals surface area contributed by atoms with Crippen LogP contribution in [0.1, 0.15) is 12.8 Å². The van der Waals surface area contributed by atoms with Gasteiger partial charge in [-0.3, -0.25) is 9.59 Å². The highest BCUT2D eigenvalue weighted by Crippen LogP contribution is 2.29. The summed E-state index contributed by atoms with van der Waals surface area (Å²) < 4.78 is 10.3. The second-order valence-electron chi connectivity index (χ2n) is 4.54. The van der Waals surface area contributed by atoms with Gasteiger partial charge < -0.3 is 19.9 Å². The highest BCUT2D eigenvalue weighted by atomic mass is 33.1. The van der Waals surface area contributed by atoms with Gasteiger partial charge in [0.2, 0.25) is 5.91 Å². The van der Waals surface area contributed by atoms with Gasteiger partial charge in [0.25, 0.3) is 0 Å². The average molecular weight is 374 g/mol. The molecule has 1 amide bonds. The molecule has 0 aromatic carbocycles. The minimum Gasteiger partial charge on any atom is -0.481 e. The van der Waals surface area contributed by atoms with Crippen LogP contribution in [0.2, 0.25) is 0 Å². The fraction of sp³-hybridized carbons (Fsp3) is 0.533. The highest BCUT2D eigenvalue weighted by Gasteiger charge is 2.02. The number of aliphatic carboxylic acids is 1. The van der Waals surface area contributed by atoms with Crippen molar-refractivity contribution in [1.82, 2.24) is 10.3 Å². The van der Waals surface area contributed by atoms with Crippen molar-refractivity contribution in [3.8, 4) is 0 Å². The van der Waals surface area contributed by atoms with Gasteiger partial charge >= 0.3 is 5.97 Å². The standard InChI is InChI=1S/C15H22N2O5S2/c18-13(5-12-23-24-14-3-1-2-6-17-14)16-7-9-22-11-10-21-8-4-15(19)20/h1-3,6H,4-5,7-12H2,(H,16,18)(H,19,20). The van der Waals surface area contributed by atoms with Crippen molar-refractivity contribution < 1.29 is 24.2 Å². The molecule has 1 rings (SSSR count). The van der Waals surface area contributed by atoms with Crippen molar-refractivity contribution in [2.45, 2.75) is 17.9 Å². The second-order valence-corrected chi connectivity index (χ2v) is 6.98. The van der Waals surface area contributed by atoms with Crippen molar-refractivity contribution in [2.75, 3.05) is 38.7 Å². The Morgan fingerprint density at radius 3 is 2.62 bits per heavy atom. The van der Waals surface area contributed by atoms with E-state index in [0.717, 1.165) is 5.03 Å². The number of carbonyl (C=O) groups excluding carboxylic acids is 1. The summed E-state index contributed by atoms with van der Waals surface area (Å²) in [7, 11) is 3.15. The Bertz CT molecular complexity index is 476. The zero-order valence-corrected chi connectivity index (χ0v) is 14.9. The molecule has 0 aliphatic carbocycles. The van der Waals surface area contributed by atoms with E-state index in [-0.39, 0.29) is 18.9 Å². The molecule has 0 atom stereocenters. The predicted octanol–water partition coefficient (Wildman–Crippen LogP) is 1.84. The van der Waals surface area contributed by atoms with Gasteiger partial charge in [-0.25, -0.2) is 4.98 Å². The van der Waals surface area contributed by atoms with Crippen LogP contribution in [0.25, 0.3) is 0 Å². The van der Waals surface area contributed by atoms with Gasteiger partial charge in [0, 0.05) is 24.9 Å². The quantitative estimate of drug-likeness (QED) is 0.376. The predicted molar refractivity (Wildman–Crippen MR) is 94.1 cm³/mol. The third-order valence-corrected chi connectivity index (χ3v) is 4.86. The van der Waals surface area contributed by atoms with Crippen molar-refractivity contribution in [2.24, 2.45) is 0 Å². The molecule has 0 unspecified atom stereocenters. The SMILES string of the molecule is O=C(O)CCOCCOCCNC(=O)CCSSc1ccccn1. The Kier molecular flexibility index (Phi) is 12.2. The van der Waals surface area contributed by atoms with Gasteiger partial charge in [0.05, 0.1) is 32.8 Å². The topological polar surface area (TPSA) is 97.8 Å². The van der Waals surface area contributed by atoms with Crippen molar-refractivity contribution >= 4 is 33.5 Å². The van der Waals surface area contributed by atoms with Crippen LogP contribution in [-0.2, 0) is 19.1 Å². The molecule has 0 radical (unpaired) electrons. The van der Waals surface area contributed by atoms with Crippen molar-refractivity contribution in [3.05, 3.63) is 24.4 Å². The Hall–Kier alpha value is -1.29. The molecule has 0 saturated heterocycles. The average Bonchev–Trinajstić information content (AvgIpc) is 2.58. The lowest BCUT2D eigenvalue weighted by molar-refractivity contribution is -0.138. The molecule has 9 heteroatoms. The molecule has 0 aliphatic heterocycles. The minimum absolute atomic E-state index is 0.00725. The first-order chi connectivity index (χ1) is 11.7. The van der Waals surface area contributed by atoms with Crippen LogP contribution in [0, 0.1) is 0 Å². The van der Waals surface area contributed by atoms with Gasteiger partial charge in [-0.1, -0.05) is 16.9 Å². The zero-order valence-electron chi connectivity index (χ0n) is 13.3. The number of nitrogens with one attached hydrogen (secondary N) is 1. The number of ether oxygens (including phenoxy) is 2. The number of hydrogen-bond donors (Lipinski definition) is 2. The van der Waals surface area contributed by atoms with E-state index in [1.807, 2.05) is 18.2 Å². The number of amides is 1. The van der Waals surface area contributed by atoms with E-state index in [2.05, 4.69) is 10.3 Å². The third kappa shape index (κ3) is 12.2. The number of aromatic nitrogens is 1. The molecule has 2 N–H and O–H groups in total. The van der Waals surface area contributed by atoms with Crippen molar-refractivity contribution in [1.29, 1.82) is 0 Å². The summed E-state index contributed by atoms with van der Waals surface area (Å²) >= 11 is 0. The summed E-state index contributed by atoms with van der Waals surface area (Å²) in [4.78, 5) is 26.0. The second kappa shape index (κ2) is 14.1. The monoisotopic (exact) mass is 374 g/mol. The van der Waals surface area contributed by atoms with Crippen molar-refractivity contribution in [3.63, 3.8) is 0 Å². The molecule has 0 fully saturated rings. The molecule has 1 aromatic heterocycles. The molecular formula is C15H22N2O5S2. The molecule has 1 aromatic rings. The molecule has 0 spiro atoms. The van der Waals surface area contributed by atoms with E-state index >= 15 is 0 Å². The maximum atomic E-state index is 11.6. The maximum Gasteiger partial charge on any atom is 0.305 e. The first kappa shape index (κ1) is 20.8. The largest absolute Gasteiger partial charge is 0.481 e. The fourth-order valence-electron chi connectivity index (χ4n) is 1.47. The summed E-state index contributed by atoms with van der Waals surface area (Å²) in [5, 5.41) is 12.1. The maximum absolute atomic E-state index is 11.6. The third-order valence-electron chi connectivity index (χ3n) is 2.60. The first-order valence-corrected chi connectivity index (χ1v) is 9.85. The molecule has 0 saturated carbocycles. The number of carboxylic acid groups (broad SMARTS) is 1. The van der Waals surface area contributed by atoms with Crippen LogP contribution >= 0.6 is 21.6 Å². The summed E-state index contributed by atoms with van der Waals surface area (Å²) in [5.41, 5.74) is 0. The van der Waals surface area contributed by atoms with E-state index in [4.69, 9.17) is 14.6 Å². The zero-order chi connectivity index (χ0) is 17.5. The Morgan fingerprint density at radius 1 is 1.12 bits per heavy atom. The van der Waals surface area contributed by atoms with E-state index in [1.54, 1.807) is 27.8 Å². The molecule has 1 heterocycles. The van der Waals surface area contributed by atoms with Crippen LogP contribution in [0.5, 0.6) is 0 Å². The van der Waals surface area contributed by atoms with E-state index in [1.165, 1.54) is 0 Å². The summed E-state index contributed by atoms with van der Waals surface area (Å²) in [6.45, 7) is 1.77. The molecule has 0 bridgehead atoms. The smallest absolute Gasteiger partial charge is 0.305 e. The van der Waals surface area contributed by atoms with Crippen LogP contribution in [0.15, 0.2) is 29.4 Å². The number of rotatable bonds is 14. The summed E-state index contributed by atoms with van der Waals surface area (Å²) in [5.74, 6) is -0.175. The van der Waals surface area contributed by atoms with Crippen LogP contribution in [0.4, 0.5) is 0 Å². The Morgan fingerprint density at radius 2 is 1.92 bits per heavy atom. The van der Waals surface area contributed by atoms with Gasteiger partial charge in [-0.05, 0) is 22.9 Å². The van der Waals surface area contributed by atoms with Crippen LogP contribution in [-0.4, -0.2) is 60.7 Å². The first-order valence-electron chi connectivity index (χ1n) is 7.53. The molecule has 0 aliphatic rings. The van der Waals surface area contributed by atoms with Crippen LogP contribution < -0.4 is 5.32 Å². The number of pyridine rings is 1. The van der Waals surface area contributed by atoms with Gasteiger partial charge in [0.15, 0.2) is 0 Å². The Balaban J connectivity index is 1.85. The summed E-state index contributed by atoms with van der Waals surface area (Å²) in [6.07, 6.45) is 2.18. The van der Waals surface area contributed by atoms with E-state index in [9.17, 15) is 9.59 Å². The molecule has 7 nitrogen and oxygen atoms in total. The van der Waals surface area contributed by atoms with Gasteiger partial charge in [0.1, 0.15) is 5.03 Å². The van der Waals surface area contributed by atoms with E-state index in [0.29, 0.717) is 38.5 Å². The normalized spacial score (nSPS) is 10.5. The lowest BCUT2D eigenvalue weighted by Gasteiger charge is -2.07. The number of hydrogen-bond acceptors (Lipinski definition) is 7. The minimum atomic E-state index is -0.879. The van der Waals surface area contributed by atoms with Crippen LogP contribution in [0.3, 0.4) is 0 Å². The lowest BCUT2D eigenvalue weighted by atomic mass is 10.4. The van der Waals surface area contributed by atoms with Gasteiger partial charge in [-0.2, -0.15) is 0 Å².